The van der Waals surface area contributed by atoms with Crippen LogP contribution in [-0.2, 0) is 4.79 Å². The van der Waals surface area contributed by atoms with Crippen LogP contribution in [0.3, 0.4) is 0 Å². The monoisotopic (exact) mass is 311 g/mol. The highest BCUT2D eigenvalue weighted by Crippen LogP contribution is 2.27. The van der Waals surface area contributed by atoms with Crippen molar-refractivity contribution in [3.63, 3.8) is 0 Å². The van der Waals surface area contributed by atoms with Crippen molar-refractivity contribution in [1.82, 2.24) is 0 Å². The van der Waals surface area contributed by atoms with Gasteiger partial charge in [0.15, 0.2) is 11.5 Å². The zero-order valence-corrected chi connectivity index (χ0v) is 12.6. The molecule has 0 aromatic heterocycles. The molecule has 0 saturated carbocycles. The molecule has 118 valence electrons. The fourth-order valence-corrected chi connectivity index (χ4v) is 1.81. The molecule has 0 saturated heterocycles. The first-order valence-corrected chi connectivity index (χ1v) is 6.96. The second-order valence-corrected chi connectivity index (χ2v) is 4.56. The van der Waals surface area contributed by atoms with Crippen molar-refractivity contribution in [2.24, 2.45) is 10.2 Å². The summed E-state index contributed by atoms with van der Waals surface area (Å²) in [5.41, 5.74) is 1.21. The molecule has 0 radical (unpaired) electrons. The number of nitrogens with one attached hydrogen (secondary N) is 1. The number of carbonyl (C=O) groups is 1. The van der Waals surface area contributed by atoms with Gasteiger partial charge in [0.2, 0.25) is 5.91 Å². The van der Waals surface area contributed by atoms with Crippen molar-refractivity contribution < 1.29 is 14.6 Å². The maximum absolute atomic E-state index is 11.7. The first-order valence-electron chi connectivity index (χ1n) is 6.96. The third-order valence-corrected chi connectivity index (χ3v) is 2.93. The Kier molecular flexibility index (Phi) is 5.88. The molecule has 23 heavy (non-hydrogen) atoms. The molecule has 1 amide bonds. The number of para-hydroxylation sites is 2. The number of benzene rings is 2. The van der Waals surface area contributed by atoms with Gasteiger partial charge in [0.05, 0.1) is 19.7 Å². The van der Waals surface area contributed by atoms with E-state index in [2.05, 4.69) is 15.5 Å². The van der Waals surface area contributed by atoms with Crippen LogP contribution in [0, 0.1) is 0 Å². The van der Waals surface area contributed by atoms with Crippen molar-refractivity contribution >= 4 is 24.0 Å². The van der Waals surface area contributed by atoms with Crippen LogP contribution in [0.15, 0.2) is 58.7 Å². The molecule has 0 atom stereocenters. The summed E-state index contributed by atoms with van der Waals surface area (Å²) >= 11 is 0. The molecule has 2 aromatic rings. The lowest BCUT2D eigenvalue weighted by molar-refractivity contribution is -0.115. The summed E-state index contributed by atoms with van der Waals surface area (Å²) in [5.74, 6) is 0.176. The van der Waals surface area contributed by atoms with Crippen molar-refractivity contribution in [2.45, 2.75) is 6.42 Å². The molecule has 0 bridgehead atoms. The van der Waals surface area contributed by atoms with Gasteiger partial charge in [-0.1, -0.05) is 24.3 Å². The molecular formula is C17H17N3O3. The van der Waals surface area contributed by atoms with Crippen LogP contribution >= 0.6 is 0 Å². The SMILES string of the molecule is COc1cccc(/C=N/N=C/CC(=O)Nc2ccccc2)c1O. The molecule has 2 N–H and O–H groups in total. The van der Waals surface area contributed by atoms with E-state index in [-0.39, 0.29) is 18.1 Å². The average molecular weight is 311 g/mol. The lowest BCUT2D eigenvalue weighted by Gasteiger charge is -2.04. The number of amides is 1. The first-order chi connectivity index (χ1) is 11.2. The Morgan fingerprint density at radius 3 is 2.70 bits per heavy atom. The van der Waals surface area contributed by atoms with E-state index in [0.717, 1.165) is 5.69 Å². The Labute approximate surface area is 134 Å². The lowest BCUT2D eigenvalue weighted by Crippen LogP contribution is -2.11. The van der Waals surface area contributed by atoms with E-state index in [9.17, 15) is 9.90 Å². The minimum atomic E-state index is -0.181. The molecule has 6 nitrogen and oxygen atoms in total. The van der Waals surface area contributed by atoms with Crippen LogP contribution < -0.4 is 10.1 Å². The summed E-state index contributed by atoms with van der Waals surface area (Å²) in [4.78, 5) is 11.7. The number of carbonyl (C=O) groups excluding carboxylic acids is 1. The van der Waals surface area contributed by atoms with Gasteiger partial charge in [-0.15, -0.1) is 0 Å². The van der Waals surface area contributed by atoms with Gasteiger partial charge in [-0.05, 0) is 24.3 Å². The normalized spacial score (nSPS) is 11.0. The predicted octanol–water partition coefficient (Wildman–Crippen LogP) is 2.83. The van der Waals surface area contributed by atoms with Gasteiger partial charge in [-0.3, -0.25) is 4.79 Å². The number of rotatable bonds is 6. The number of hydrogen-bond acceptors (Lipinski definition) is 5. The van der Waals surface area contributed by atoms with Crippen molar-refractivity contribution in [3.8, 4) is 11.5 Å². The van der Waals surface area contributed by atoms with Crippen LogP contribution in [0.1, 0.15) is 12.0 Å². The van der Waals surface area contributed by atoms with Gasteiger partial charge in [-0.2, -0.15) is 10.2 Å². The highest BCUT2D eigenvalue weighted by Gasteiger charge is 2.04. The van der Waals surface area contributed by atoms with E-state index in [0.29, 0.717) is 11.3 Å². The topological polar surface area (TPSA) is 83.3 Å². The Bertz CT molecular complexity index is 712. The number of methoxy groups -OCH3 is 1. The van der Waals surface area contributed by atoms with E-state index >= 15 is 0 Å². The first kappa shape index (κ1) is 16.2. The molecule has 0 heterocycles. The summed E-state index contributed by atoms with van der Waals surface area (Å²) in [6, 6.07) is 14.2. The summed E-state index contributed by atoms with van der Waals surface area (Å²) in [6.07, 6.45) is 2.89. The van der Waals surface area contributed by atoms with Crippen LogP contribution in [0.25, 0.3) is 0 Å². The number of hydrogen-bond donors (Lipinski definition) is 2. The minimum absolute atomic E-state index is 0.00392. The van der Waals surface area contributed by atoms with E-state index in [1.165, 1.54) is 19.5 Å². The number of anilines is 1. The van der Waals surface area contributed by atoms with Gasteiger partial charge >= 0.3 is 0 Å². The van der Waals surface area contributed by atoms with Crippen molar-refractivity contribution in [1.29, 1.82) is 0 Å². The third kappa shape index (κ3) is 4.96. The van der Waals surface area contributed by atoms with Gasteiger partial charge < -0.3 is 15.2 Å². The summed E-state index contributed by atoms with van der Waals surface area (Å²) in [6.45, 7) is 0. The standard InChI is InChI=1S/C17H17N3O3/c1-23-15-9-5-6-13(17(15)22)12-19-18-11-10-16(21)20-14-7-3-2-4-8-14/h2-9,11-12,22H,10H2,1H3,(H,20,21)/b18-11+,19-12+. The highest BCUT2D eigenvalue weighted by molar-refractivity contribution is 5.99. The van der Waals surface area contributed by atoms with Gasteiger partial charge in [-0.25, -0.2) is 0 Å². The average Bonchev–Trinajstić information content (AvgIpc) is 2.57. The Morgan fingerprint density at radius 2 is 1.96 bits per heavy atom. The Hall–Kier alpha value is -3.15. The van der Waals surface area contributed by atoms with E-state index in [1.807, 2.05) is 18.2 Å². The van der Waals surface area contributed by atoms with Gasteiger partial charge in [0.1, 0.15) is 0 Å². The molecule has 0 aliphatic heterocycles. The highest BCUT2D eigenvalue weighted by atomic mass is 16.5. The second kappa shape index (κ2) is 8.33. The van der Waals surface area contributed by atoms with Crippen molar-refractivity contribution in [3.05, 3.63) is 54.1 Å². The number of aromatic hydroxyl groups is 1. The lowest BCUT2D eigenvalue weighted by atomic mass is 10.2. The maximum atomic E-state index is 11.7. The van der Waals surface area contributed by atoms with E-state index in [4.69, 9.17) is 4.74 Å². The summed E-state index contributed by atoms with van der Waals surface area (Å²) < 4.78 is 5.00. The van der Waals surface area contributed by atoms with Crippen LogP contribution in [0.5, 0.6) is 11.5 Å². The Balaban J connectivity index is 1.86. The van der Waals surface area contributed by atoms with E-state index < -0.39 is 0 Å². The zero-order valence-electron chi connectivity index (χ0n) is 12.6. The van der Waals surface area contributed by atoms with E-state index in [1.54, 1.807) is 30.3 Å². The largest absolute Gasteiger partial charge is 0.504 e. The zero-order chi connectivity index (χ0) is 16.5. The number of phenols is 1. The summed E-state index contributed by atoms with van der Waals surface area (Å²) in [5, 5.41) is 20.2. The fraction of sp³-hybridized carbons (Fsp3) is 0.118. The van der Waals surface area contributed by atoms with Crippen LogP contribution in [0.2, 0.25) is 0 Å². The Morgan fingerprint density at radius 1 is 1.17 bits per heavy atom. The predicted molar refractivity (Wildman–Crippen MR) is 90.4 cm³/mol. The molecule has 0 unspecified atom stereocenters. The maximum Gasteiger partial charge on any atom is 0.229 e. The van der Waals surface area contributed by atoms with Crippen LogP contribution in [-0.4, -0.2) is 30.6 Å². The molecule has 6 heteroatoms. The molecule has 0 fully saturated rings. The smallest absolute Gasteiger partial charge is 0.229 e. The molecule has 2 aromatic carbocycles. The molecular weight excluding hydrogens is 294 g/mol. The molecule has 2 rings (SSSR count). The van der Waals surface area contributed by atoms with Crippen LogP contribution in [0.4, 0.5) is 5.69 Å². The second-order valence-electron chi connectivity index (χ2n) is 4.56. The molecule has 0 aliphatic rings. The number of ether oxygens (including phenoxy) is 1. The summed E-state index contributed by atoms with van der Waals surface area (Å²) in [7, 11) is 1.47. The minimum Gasteiger partial charge on any atom is -0.504 e. The fourth-order valence-electron chi connectivity index (χ4n) is 1.81. The van der Waals surface area contributed by atoms with Crippen molar-refractivity contribution in [2.75, 3.05) is 12.4 Å². The van der Waals surface area contributed by atoms with Gasteiger partial charge in [0, 0.05) is 17.5 Å². The molecule has 0 spiro atoms. The third-order valence-electron chi connectivity index (χ3n) is 2.93. The van der Waals surface area contributed by atoms with Gasteiger partial charge in [0.25, 0.3) is 0 Å². The quantitative estimate of drug-likeness (QED) is 0.635. The molecule has 0 aliphatic carbocycles. The number of phenolic OH excluding ortho intramolecular Hbond substituents is 1. The number of nitrogens with zero attached hydrogens (tertiary/aromatic N) is 2.